The number of methoxy groups -OCH3 is 2. The first kappa shape index (κ1) is 14.4. The second-order valence-corrected chi connectivity index (χ2v) is 4.68. The van der Waals surface area contributed by atoms with E-state index in [0.717, 1.165) is 24.6 Å². The molecule has 3 nitrogen and oxygen atoms in total. The molecule has 0 aromatic heterocycles. The predicted molar refractivity (Wildman–Crippen MR) is 80.6 cm³/mol. The van der Waals surface area contributed by atoms with Crippen molar-refractivity contribution in [2.75, 3.05) is 14.2 Å². The molecule has 105 valence electrons. The molecule has 0 heterocycles. The molecule has 1 radical (unpaired) electrons. The quantitative estimate of drug-likeness (QED) is 0.802. The van der Waals surface area contributed by atoms with E-state index in [2.05, 4.69) is 31.3 Å². The van der Waals surface area contributed by atoms with Crippen molar-refractivity contribution in [2.45, 2.75) is 13.1 Å². The molecule has 0 aliphatic rings. The maximum Gasteiger partial charge on any atom is 0.118 e. The average Bonchev–Trinajstić information content (AvgIpc) is 2.49. The number of benzene rings is 2. The fraction of sp³-hybridized carbons (Fsp3) is 0.235. The fourth-order valence-corrected chi connectivity index (χ4v) is 2.03. The molecule has 0 atom stereocenters. The summed E-state index contributed by atoms with van der Waals surface area (Å²) in [5.41, 5.74) is 2.43. The Morgan fingerprint density at radius 2 is 1.10 bits per heavy atom. The zero-order valence-corrected chi connectivity index (χ0v) is 12.0. The van der Waals surface area contributed by atoms with Gasteiger partial charge in [-0.15, -0.1) is 0 Å². The number of hydrogen-bond donors (Lipinski definition) is 0. The maximum absolute atomic E-state index is 5.15. The first-order valence-electron chi connectivity index (χ1n) is 6.52. The smallest absolute Gasteiger partial charge is 0.118 e. The largest absolute Gasteiger partial charge is 0.497 e. The lowest BCUT2D eigenvalue weighted by molar-refractivity contribution is 0.355. The zero-order chi connectivity index (χ0) is 14.4. The Bertz CT molecular complexity index is 470. The second-order valence-electron chi connectivity index (χ2n) is 4.68. The van der Waals surface area contributed by atoms with Crippen LogP contribution in [0, 0.1) is 7.05 Å². The van der Waals surface area contributed by atoms with E-state index in [1.165, 1.54) is 11.1 Å². The summed E-state index contributed by atoms with van der Waals surface area (Å²) in [5, 5.41) is 0. The van der Waals surface area contributed by atoms with E-state index in [1.54, 1.807) is 14.2 Å². The molecule has 0 aliphatic heterocycles. The van der Waals surface area contributed by atoms with Crippen molar-refractivity contribution < 1.29 is 9.47 Å². The van der Waals surface area contributed by atoms with Gasteiger partial charge in [-0.25, -0.2) is 0 Å². The van der Waals surface area contributed by atoms with Gasteiger partial charge in [0.2, 0.25) is 0 Å². The van der Waals surface area contributed by atoms with Crippen molar-refractivity contribution in [1.82, 2.24) is 4.90 Å². The molecule has 3 heteroatoms. The average molecular weight is 270 g/mol. The van der Waals surface area contributed by atoms with Gasteiger partial charge in [-0.05, 0) is 35.4 Å². The highest BCUT2D eigenvalue weighted by molar-refractivity contribution is 5.28. The Kier molecular flexibility index (Phi) is 5.02. The fourth-order valence-electron chi connectivity index (χ4n) is 2.03. The van der Waals surface area contributed by atoms with E-state index in [-0.39, 0.29) is 0 Å². The van der Waals surface area contributed by atoms with E-state index in [9.17, 15) is 0 Å². The van der Waals surface area contributed by atoms with Crippen LogP contribution in [-0.2, 0) is 13.1 Å². The predicted octanol–water partition coefficient (Wildman–Crippen LogP) is 3.50. The molecule has 0 saturated carbocycles. The Morgan fingerprint density at radius 3 is 1.40 bits per heavy atom. The van der Waals surface area contributed by atoms with Crippen molar-refractivity contribution in [3.8, 4) is 11.5 Å². The first-order valence-corrected chi connectivity index (χ1v) is 6.52. The summed E-state index contributed by atoms with van der Waals surface area (Å²) in [6.45, 7) is 1.60. The molecule has 0 bridgehead atoms. The normalized spacial score (nSPS) is 10.6. The van der Waals surface area contributed by atoms with Gasteiger partial charge in [0.05, 0.1) is 14.2 Å². The molecular weight excluding hydrogens is 250 g/mol. The Hall–Kier alpha value is -2.00. The lowest BCUT2D eigenvalue weighted by Crippen LogP contribution is -2.14. The molecule has 0 N–H and O–H groups in total. The third-order valence-electron chi connectivity index (χ3n) is 3.13. The van der Waals surface area contributed by atoms with Crippen LogP contribution in [-0.4, -0.2) is 19.1 Å². The van der Waals surface area contributed by atoms with Gasteiger partial charge in [0.15, 0.2) is 0 Å². The highest BCUT2D eigenvalue weighted by atomic mass is 16.5. The lowest BCUT2D eigenvalue weighted by Gasteiger charge is -2.17. The number of nitrogens with zero attached hydrogens (tertiary/aromatic N) is 1. The highest BCUT2D eigenvalue weighted by Gasteiger charge is 2.03. The third kappa shape index (κ3) is 4.00. The SMILES string of the molecule is [CH2]N(Cc1ccc(OC)cc1)Cc1ccc(OC)cc1. The van der Waals surface area contributed by atoms with E-state index in [0.29, 0.717) is 0 Å². The van der Waals surface area contributed by atoms with E-state index in [4.69, 9.17) is 9.47 Å². The minimum absolute atomic E-state index is 0.802. The summed E-state index contributed by atoms with van der Waals surface area (Å²) in [5.74, 6) is 1.75. The summed E-state index contributed by atoms with van der Waals surface area (Å²) in [7, 11) is 7.43. The highest BCUT2D eigenvalue weighted by Crippen LogP contribution is 2.16. The molecule has 2 aromatic rings. The molecule has 20 heavy (non-hydrogen) atoms. The van der Waals surface area contributed by atoms with Crippen molar-refractivity contribution in [3.05, 3.63) is 66.7 Å². The van der Waals surface area contributed by atoms with E-state index >= 15 is 0 Å². The van der Waals surface area contributed by atoms with Crippen LogP contribution >= 0.6 is 0 Å². The van der Waals surface area contributed by atoms with Gasteiger partial charge < -0.3 is 9.47 Å². The maximum atomic E-state index is 5.15. The molecule has 0 spiro atoms. The number of ether oxygens (including phenoxy) is 2. The van der Waals surface area contributed by atoms with Gasteiger partial charge in [-0.3, -0.25) is 4.90 Å². The monoisotopic (exact) mass is 270 g/mol. The van der Waals surface area contributed by atoms with Crippen LogP contribution in [0.4, 0.5) is 0 Å². The van der Waals surface area contributed by atoms with Crippen LogP contribution in [0.5, 0.6) is 11.5 Å². The lowest BCUT2D eigenvalue weighted by atomic mass is 10.1. The molecule has 2 aromatic carbocycles. The summed E-state index contributed by atoms with van der Waals surface area (Å²) < 4.78 is 10.3. The first-order chi connectivity index (χ1) is 9.71. The van der Waals surface area contributed by atoms with Crippen LogP contribution in [0.1, 0.15) is 11.1 Å². The van der Waals surface area contributed by atoms with E-state index in [1.807, 2.05) is 29.2 Å². The van der Waals surface area contributed by atoms with Crippen LogP contribution in [0.2, 0.25) is 0 Å². The van der Waals surface area contributed by atoms with Crippen molar-refractivity contribution >= 4 is 0 Å². The van der Waals surface area contributed by atoms with Crippen molar-refractivity contribution in [2.24, 2.45) is 0 Å². The molecule has 0 fully saturated rings. The van der Waals surface area contributed by atoms with Crippen LogP contribution < -0.4 is 9.47 Å². The summed E-state index contributed by atoms with van der Waals surface area (Å²) in [4.78, 5) is 2.03. The van der Waals surface area contributed by atoms with Gasteiger partial charge in [0.25, 0.3) is 0 Å². The molecular formula is C17H20NO2. The summed E-state index contributed by atoms with van der Waals surface area (Å²) >= 11 is 0. The third-order valence-corrected chi connectivity index (χ3v) is 3.13. The van der Waals surface area contributed by atoms with Crippen LogP contribution in [0.25, 0.3) is 0 Å². The topological polar surface area (TPSA) is 21.7 Å². The Balaban J connectivity index is 1.91. The minimum atomic E-state index is 0.802. The molecule has 0 unspecified atom stereocenters. The van der Waals surface area contributed by atoms with Gasteiger partial charge >= 0.3 is 0 Å². The molecule has 0 aliphatic carbocycles. The van der Waals surface area contributed by atoms with Crippen molar-refractivity contribution in [1.29, 1.82) is 0 Å². The summed E-state index contributed by atoms with van der Waals surface area (Å²) in [6.07, 6.45) is 0. The molecule has 0 amide bonds. The minimum Gasteiger partial charge on any atom is -0.497 e. The number of hydrogen-bond acceptors (Lipinski definition) is 3. The van der Waals surface area contributed by atoms with Crippen LogP contribution in [0.3, 0.4) is 0 Å². The van der Waals surface area contributed by atoms with Crippen LogP contribution in [0.15, 0.2) is 48.5 Å². The Morgan fingerprint density at radius 1 is 0.750 bits per heavy atom. The summed E-state index contributed by atoms with van der Waals surface area (Å²) in [6, 6.07) is 16.1. The second kappa shape index (κ2) is 6.96. The van der Waals surface area contributed by atoms with Gasteiger partial charge in [-0.2, -0.15) is 0 Å². The van der Waals surface area contributed by atoms with Gasteiger partial charge in [0, 0.05) is 20.1 Å². The van der Waals surface area contributed by atoms with Gasteiger partial charge in [0.1, 0.15) is 11.5 Å². The zero-order valence-electron chi connectivity index (χ0n) is 12.0. The number of rotatable bonds is 6. The Labute approximate surface area is 120 Å². The molecule has 0 saturated heterocycles. The standard InChI is InChI=1S/C17H20NO2/c1-18(12-14-4-8-16(19-2)9-5-14)13-15-6-10-17(20-3)11-7-15/h4-11H,1,12-13H2,2-3H3. The van der Waals surface area contributed by atoms with E-state index < -0.39 is 0 Å². The molecule has 2 rings (SSSR count). The van der Waals surface area contributed by atoms with Gasteiger partial charge in [-0.1, -0.05) is 24.3 Å². The van der Waals surface area contributed by atoms with Crippen molar-refractivity contribution in [3.63, 3.8) is 0 Å².